The van der Waals surface area contributed by atoms with Crippen molar-refractivity contribution in [1.82, 2.24) is 0 Å². The molecule has 4 nitrogen and oxygen atoms in total. The zero-order chi connectivity index (χ0) is 15.3. The highest BCUT2D eigenvalue weighted by atomic mass is 35.5. The number of hydrogen-bond acceptors (Lipinski definition) is 4. The largest absolute Gasteiger partial charge is 0.494 e. The van der Waals surface area contributed by atoms with Gasteiger partial charge < -0.3 is 14.2 Å². The number of para-hydroxylation sites is 1. The van der Waals surface area contributed by atoms with Crippen molar-refractivity contribution in [3.8, 4) is 5.75 Å². The van der Waals surface area contributed by atoms with E-state index in [2.05, 4.69) is 0 Å². The average Bonchev–Trinajstić information content (AvgIpc) is 2.51. The highest BCUT2D eigenvalue weighted by Crippen LogP contribution is 2.09. The third kappa shape index (κ3) is 8.38. The van der Waals surface area contributed by atoms with Crippen LogP contribution in [0.25, 0.3) is 0 Å². The number of halogens is 1. The molecule has 5 heteroatoms. The first kappa shape index (κ1) is 17.5. The lowest BCUT2D eigenvalue weighted by atomic mass is 10.3. The van der Waals surface area contributed by atoms with Crippen molar-refractivity contribution in [3.05, 3.63) is 41.4 Å². The third-order valence-electron chi connectivity index (χ3n) is 2.55. The van der Waals surface area contributed by atoms with Crippen LogP contribution >= 0.6 is 11.6 Å². The molecule has 0 aliphatic carbocycles. The van der Waals surface area contributed by atoms with E-state index >= 15 is 0 Å². The van der Waals surface area contributed by atoms with Crippen molar-refractivity contribution in [1.29, 1.82) is 0 Å². The van der Waals surface area contributed by atoms with E-state index in [4.69, 9.17) is 25.8 Å². The van der Waals surface area contributed by atoms with E-state index in [1.165, 1.54) is 6.08 Å². The van der Waals surface area contributed by atoms with Gasteiger partial charge in [-0.2, -0.15) is 0 Å². The molecule has 0 amide bonds. The zero-order valence-electron chi connectivity index (χ0n) is 12.2. The van der Waals surface area contributed by atoms with E-state index in [0.29, 0.717) is 26.4 Å². The third-order valence-corrected chi connectivity index (χ3v) is 2.85. The summed E-state index contributed by atoms with van der Waals surface area (Å²) in [7, 11) is 0. The van der Waals surface area contributed by atoms with Crippen LogP contribution in [0.5, 0.6) is 5.75 Å². The van der Waals surface area contributed by atoms with Gasteiger partial charge in [-0.05, 0) is 38.0 Å². The Kier molecular flexibility index (Phi) is 9.33. The molecule has 116 valence electrons. The average molecular weight is 313 g/mol. The van der Waals surface area contributed by atoms with E-state index in [0.717, 1.165) is 18.6 Å². The number of hydrogen-bond donors (Lipinski definition) is 0. The van der Waals surface area contributed by atoms with E-state index < -0.39 is 5.97 Å². The Hall–Kier alpha value is -1.52. The van der Waals surface area contributed by atoms with Crippen molar-refractivity contribution >= 4 is 17.6 Å². The molecule has 0 unspecified atom stereocenters. The van der Waals surface area contributed by atoms with Gasteiger partial charge in [0.25, 0.3) is 0 Å². The summed E-state index contributed by atoms with van der Waals surface area (Å²) in [6, 6.07) is 9.70. The Morgan fingerprint density at radius 1 is 1.19 bits per heavy atom. The maximum absolute atomic E-state index is 11.2. The molecule has 0 fully saturated rings. The fourth-order valence-corrected chi connectivity index (χ4v) is 1.63. The zero-order valence-corrected chi connectivity index (χ0v) is 13.0. The fraction of sp³-hybridized carbons (Fsp3) is 0.438. The summed E-state index contributed by atoms with van der Waals surface area (Å²) in [6.07, 6.45) is 3.31. The fourth-order valence-electron chi connectivity index (χ4n) is 1.51. The van der Waals surface area contributed by atoms with Crippen LogP contribution in [-0.2, 0) is 14.3 Å². The Bertz CT molecular complexity index is 431. The number of rotatable bonds is 10. The normalized spacial score (nSPS) is 11.2. The van der Waals surface area contributed by atoms with Gasteiger partial charge in [0.1, 0.15) is 10.8 Å². The topological polar surface area (TPSA) is 44.8 Å². The molecule has 0 saturated carbocycles. The van der Waals surface area contributed by atoms with Gasteiger partial charge in [0.15, 0.2) is 0 Å². The highest BCUT2D eigenvalue weighted by molar-refractivity contribution is 6.41. The summed E-state index contributed by atoms with van der Waals surface area (Å²) in [6.45, 7) is 3.60. The first-order chi connectivity index (χ1) is 10.2. The molecule has 0 spiro atoms. The summed E-state index contributed by atoms with van der Waals surface area (Å²) in [5.74, 6) is 0.363. The molecule has 0 radical (unpaired) electrons. The Labute approximate surface area is 130 Å². The van der Waals surface area contributed by atoms with E-state index in [9.17, 15) is 4.79 Å². The van der Waals surface area contributed by atoms with Crippen molar-refractivity contribution < 1.29 is 19.0 Å². The van der Waals surface area contributed by atoms with E-state index in [1.54, 1.807) is 6.92 Å². The molecule has 0 atom stereocenters. The second-order valence-electron chi connectivity index (χ2n) is 4.22. The van der Waals surface area contributed by atoms with Crippen molar-refractivity contribution in [2.24, 2.45) is 0 Å². The number of carbonyl (C=O) groups is 1. The van der Waals surface area contributed by atoms with Crippen LogP contribution in [0.2, 0.25) is 0 Å². The summed E-state index contributed by atoms with van der Waals surface area (Å²) in [4.78, 5) is 11.2. The molecule has 0 heterocycles. The van der Waals surface area contributed by atoms with E-state index in [-0.39, 0.29) is 5.03 Å². The molecular weight excluding hydrogens is 292 g/mol. The van der Waals surface area contributed by atoms with Gasteiger partial charge in [-0.1, -0.05) is 29.8 Å². The Morgan fingerprint density at radius 2 is 1.90 bits per heavy atom. The predicted molar refractivity (Wildman–Crippen MR) is 82.6 cm³/mol. The Balaban J connectivity index is 2.00. The van der Waals surface area contributed by atoms with Crippen LogP contribution in [0.3, 0.4) is 0 Å². The quantitative estimate of drug-likeness (QED) is 0.376. The lowest BCUT2D eigenvalue weighted by Gasteiger charge is -2.06. The van der Waals surface area contributed by atoms with Gasteiger partial charge in [-0.25, -0.2) is 4.79 Å². The summed E-state index contributed by atoms with van der Waals surface area (Å²) in [5, 5.41) is 0.0595. The summed E-state index contributed by atoms with van der Waals surface area (Å²) < 4.78 is 15.7. The highest BCUT2D eigenvalue weighted by Gasteiger charge is 2.05. The first-order valence-corrected chi connectivity index (χ1v) is 7.40. The standard InChI is InChI=1S/C16H21ClO4/c1-2-20-16(18)15(17)10-13-19-11-6-7-12-21-14-8-4-3-5-9-14/h3-5,8-10H,2,6-7,11-13H2,1H3/b15-10-. The predicted octanol–water partition coefficient (Wildman–Crippen LogP) is 3.55. The summed E-state index contributed by atoms with van der Waals surface area (Å²) >= 11 is 5.73. The van der Waals surface area contributed by atoms with E-state index in [1.807, 2.05) is 30.3 Å². The number of unbranched alkanes of at least 4 members (excludes halogenated alkanes) is 1. The minimum Gasteiger partial charge on any atom is -0.494 e. The maximum Gasteiger partial charge on any atom is 0.349 e. The second-order valence-corrected chi connectivity index (χ2v) is 4.62. The van der Waals surface area contributed by atoms with Crippen LogP contribution in [0.1, 0.15) is 19.8 Å². The molecule has 1 aromatic rings. The first-order valence-electron chi connectivity index (χ1n) is 7.02. The molecule has 1 aromatic carbocycles. The van der Waals surface area contributed by atoms with Gasteiger partial charge in [0.05, 0.1) is 19.8 Å². The minimum absolute atomic E-state index is 0.0595. The van der Waals surface area contributed by atoms with Gasteiger partial charge in [0, 0.05) is 6.61 Å². The molecule has 1 rings (SSSR count). The lowest BCUT2D eigenvalue weighted by Crippen LogP contribution is -2.05. The van der Waals surface area contributed by atoms with Crippen LogP contribution in [-0.4, -0.2) is 32.4 Å². The number of esters is 1. The van der Waals surface area contributed by atoms with Crippen LogP contribution in [0.15, 0.2) is 41.4 Å². The van der Waals surface area contributed by atoms with Gasteiger partial charge in [-0.15, -0.1) is 0 Å². The van der Waals surface area contributed by atoms with Crippen LogP contribution in [0.4, 0.5) is 0 Å². The number of carbonyl (C=O) groups excluding carboxylic acids is 1. The lowest BCUT2D eigenvalue weighted by molar-refractivity contribution is -0.137. The van der Waals surface area contributed by atoms with Crippen molar-refractivity contribution in [2.45, 2.75) is 19.8 Å². The van der Waals surface area contributed by atoms with Gasteiger partial charge in [-0.3, -0.25) is 0 Å². The SMILES string of the molecule is CCOC(=O)/C(Cl)=C/COCCCCOc1ccccc1. The Morgan fingerprint density at radius 3 is 2.62 bits per heavy atom. The monoisotopic (exact) mass is 312 g/mol. The molecular formula is C16H21ClO4. The molecule has 0 aromatic heterocycles. The molecule has 0 aliphatic rings. The van der Waals surface area contributed by atoms with Gasteiger partial charge >= 0.3 is 5.97 Å². The summed E-state index contributed by atoms with van der Waals surface area (Å²) in [5.41, 5.74) is 0. The number of benzene rings is 1. The molecule has 0 saturated heterocycles. The van der Waals surface area contributed by atoms with Gasteiger partial charge in [0.2, 0.25) is 0 Å². The number of ether oxygens (including phenoxy) is 3. The van der Waals surface area contributed by atoms with Crippen molar-refractivity contribution in [3.63, 3.8) is 0 Å². The molecule has 0 N–H and O–H groups in total. The maximum atomic E-state index is 11.2. The molecule has 0 bridgehead atoms. The second kappa shape index (κ2) is 11.2. The van der Waals surface area contributed by atoms with Crippen molar-refractivity contribution in [2.75, 3.05) is 26.4 Å². The van der Waals surface area contributed by atoms with Crippen LogP contribution < -0.4 is 4.74 Å². The smallest absolute Gasteiger partial charge is 0.349 e. The van der Waals surface area contributed by atoms with Crippen LogP contribution in [0, 0.1) is 0 Å². The minimum atomic E-state index is -0.515. The molecule has 21 heavy (non-hydrogen) atoms. The molecule has 0 aliphatic heterocycles.